The molecule has 4 saturated heterocycles. The van der Waals surface area contributed by atoms with Crippen molar-refractivity contribution in [2.75, 3.05) is 52.6 Å². The van der Waals surface area contributed by atoms with Gasteiger partial charge in [0.05, 0.1) is 38.1 Å². The first-order valence-electron chi connectivity index (χ1n) is 10.5. The van der Waals surface area contributed by atoms with Crippen LogP contribution in [0.25, 0.3) is 0 Å². The second-order valence-corrected chi connectivity index (χ2v) is 8.67. The maximum absolute atomic E-state index is 12.4. The third-order valence-electron chi connectivity index (χ3n) is 6.85. The molecule has 1 amide bonds. The summed E-state index contributed by atoms with van der Waals surface area (Å²) in [4.78, 5) is 19.1. The van der Waals surface area contributed by atoms with E-state index >= 15 is 0 Å². The van der Waals surface area contributed by atoms with Gasteiger partial charge in [-0.05, 0) is 25.0 Å². The van der Waals surface area contributed by atoms with Crippen LogP contribution in [0.4, 0.5) is 0 Å². The van der Waals surface area contributed by atoms with Crippen LogP contribution in [0.3, 0.4) is 0 Å². The number of nitrogens with one attached hydrogen (secondary N) is 1. The average molecular weight is 387 g/mol. The number of hydrogen-bond acceptors (Lipinski definition) is 6. The van der Waals surface area contributed by atoms with E-state index in [-0.39, 0.29) is 17.6 Å². The molecule has 5 rings (SSSR count). The van der Waals surface area contributed by atoms with Crippen molar-refractivity contribution in [2.24, 2.45) is 17.8 Å². The van der Waals surface area contributed by atoms with Crippen molar-refractivity contribution >= 4 is 5.91 Å². The highest BCUT2D eigenvalue weighted by atomic mass is 16.5. The van der Waals surface area contributed by atoms with E-state index in [0.717, 1.165) is 45.7 Å². The predicted molar refractivity (Wildman–Crippen MR) is 102 cm³/mol. The Kier molecular flexibility index (Phi) is 5.09. The van der Waals surface area contributed by atoms with Crippen molar-refractivity contribution in [2.45, 2.75) is 24.5 Å². The fraction of sp³-hybridized carbons (Fsp3) is 0.714. The molecule has 28 heavy (non-hydrogen) atoms. The molecule has 1 aromatic heterocycles. The van der Waals surface area contributed by atoms with E-state index in [9.17, 15) is 4.79 Å². The Balaban J connectivity index is 1.20. The second kappa shape index (κ2) is 7.71. The molecular formula is C21H29N3O4. The summed E-state index contributed by atoms with van der Waals surface area (Å²) in [5, 5.41) is 3.10. The van der Waals surface area contributed by atoms with Gasteiger partial charge in [-0.1, -0.05) is 6.07 Å². The van der Waals surface area contributed by atoms with E-state index in [0.29, 0.717) is 43.2 Å². The molecule has 152 valence electrons. The minimum absolute atomic E-state index is 0.0164. The summed E-state index contributed by atoms with van der Waals surface area (Å²) in [5.41, 5.74) is 0.458. The number of carbonyl (C=O) groups is 1. The quantitative estimate of drug-likeness (QED) is 0.811. The molecule has 0 saturated carbocycles. The fourth-order valence-electron chi connectivity index (χ4n) is 5.63. The van der Waals surface area contributed by atoms with Gasteiger partial charge in [-0.15, -0.1) is 0 Å². The molecule has 4 fully saturated rings. The highest BCUT2D eigenvalue weighted by Gasteiger charge is 2.62. The van der Waals surface area contributed by atoms with Crippen molar-refractivity contribution in [3.05, 3.63) is 30.1 Å². The summed E-state index contributed by atoms with van der Waals surface area (Å²) < 4.78 is 17.8. The first kappa shape index (κ1) is 18.5. The van der Waals surface area contributed by atoms with Crippen LogP contribution in [0.5, 0.6) is 0 Å². The third-order valence-corrected chi connectivity index (χ3v) is 6.85. The molecule has 1 aromatic rings. The zero-order valence-electron chi connectivity index (χ0n) is 16.2. The lowest BCUT2D eigenvalue weighted by Gasteiger charge is -2.29. The molecule has 1 N–H and O–H groups in total. The standard InChI is InChI=1S/C21H29N3O4/c25-20(18-3-1-2-6-22-18)23-9-16-17-11-24(10-15-12-26-7-8-27-13-15)14-21(17)5-4-19(16)28-21/h1-3,6,15-17,19H,4-5,7-14H2,(H,23,25)/t16-,17+,19+,21+/m0/s1. The van der Waals surface area contributed by atoms with Crippen molar-refractivity contribution in [3.8, 4) is 0 Å². The smallest absolute Gasteiger partial charge is 0.269 e. The van der Waals surface area contributed by atoms with Gasteiger partial charge in [0.25, 0.3) is 5.91 Å². The van der Waals surface area contributed by atoms with Gasteiger partial charge in [-0.3, -0.25) is 14.7 Å². The van der Waals surface area contributed by atoms with Gasteiger partial charge in [-0.2, -0.15) is 0 Å². The molecule has 0 aromatic carbocycles. The molecule has 2 bridgehead atoms. The Hall–Kier alpha value is -1.54. The van der Waals surface area contributed by atoms with Crippen LogP contribution in [0.2, 0.25) is 0 Å². The van der Waals surface area contributed by atoms with Gasteiger partial charge in [0, 0.05) is 50.1 Å². The molecule has 0 radical (unpaired) electrons. The maximum atomic E-state index is 12.4. The SMILES string of the molecule is O=C(NC[C@H]1[C@H]2CN(CC3COCCOC3)C[C@]23CC[C@H]1O3)c1ccccn1. The summed E-state index contributed by atoms with van der Waals surface area (Å²) >= 11 is 0. The van der Waals surface area contributed by atoms with Crippen LogP contribution >= 0.6 is 0 Å². The fourth-order valence-corrected chi connectivity index (χ4v) is 5.63. The van der Waals surface area contributed by atoms with Crippen LogP contribution in [0, 0.1) is 17.8 Å². The Morgan fingerprint density at radius 1 is 1.29 bits per heavy atom. The Morgan fingerprint density at radius 2 is 2.14 bits per heavy atom. The van der Waals surface area contributed by atoms with Gasteiger partial charge in [-0.25, -0.2) is 0 Å². The van der Waals surface area contributed by atoms with Crippen molar-refractivity contribution in [1.82, 2.24) is 15.2 Å². The number of likely N-dealkylation sites (tertiary alicyclic amines) is 1. The first-order valence-corrected chi connectivity index (χ1v) is 10.5. The molecule has 7 heteroatoms. The highest BCUT2D eigenvalue weighted by Crippen LogP contribution is 2.54. The highest BCUT2D eigenvalue weighted by molar-refractivity contribution is 5.92. The maximum Gasteiger partial charge on any atom is 0.269 e. The number of nitrogens with zero attached hydrogens (tertiary/aromatic N) is 2. The largest absolute Gasteiger partial charge is 0.379 e. The van der Waals surface area contributed by atoms with Crippen LogP contribution in [-0.4, -0.2) is 80.1 Å². The number of hydrogen-bond donors (Lipinski definition) is 1. The summed E-state index contributed by atoms with van der Waals surface area (Å²) in [6.07, 6.45) is 4.17. The normalized spacial score (nSPS) is 35.6. The Morgan fingerprint density at radius 3 is 2.93 bits per heavy atom. The summed E-state index contributed by atoms with van der Waals surface area (Å²) in [7, 11) is 0. The lowest BCUT2D eigenvalue weighted by atomic mass is 9.73. The summed E-state index contributed by atoms with van der Waals surface area (Å²) in [6, 6.07) is 5.41. The molecule has 0 unspecified atom stereocenters. The minimum atomic E-state index is -0.0972. The number of rotatable bonds is 5. The number of fused-ring (bicyclic) bond motifs is 1. The Bertz CT molecular complexity index is 694. The number of amides is 1. The Labute approximate surface area is 165 Å². The minimum Gasteiger partial charge on any atom is -0.379 e. The molecule has 0 aliphatic carbocycles. The molecule has 4 atom stereocenters. The molecule has 5 heterocycles. The second-order valence-electron chi connectivity index (χ2n) is 8.67. The number of pyridine rings is 1. The lowest BCUT2D eigenvalue weighted by molar-refractivity contribution is -0.000434. The monoisotopic (exact) mass is 387 g/mol. The predicted octanol–water partition coefficient (Wildman–Crippen LogP) is 0.954. The molecule has 7 nitrogen and oxygen atoms in total. The van der Waals surface area contributed by atoms with Crippen LogP contribution in [-0.2, 0) is 14.2 Å². The zero-order chi connectivity index (χ0) is 19.0. The van der Waals surface area contributed by atoms with Gasteiger partial charge in [0.15, 0.2) is 0 Å². The zero-order valence-corrected chi connectivity index (χ0v) is 16.2. The molecule has 4 aliphatic rings. The van der Waals surface area contributed by atoms with Crippen LogP contribution in [0.15, 0.2) is 24.4 Å². The van der Waals surface area contributed by atoms with Crippen LogP contribution in [0.1, 0.15) is 23.3 Å². The summed E-state index contributed by atoms with van der Waals surface area (Å²) in [5.74, 6) is 1.20. The third kappa shape index (κ3) is 3.45. The molecule has 4 aliphatic heterocycles. The van der Waals surface area contributed by atoms with Crippen LogP contribution < -0.4 is 5.32 Å². The lowest BCUT2D eigenvalue weighted by Crippen LogP contribution is -2.42. The number of ether oxygens (including phenoxy) is 3. The van der Waals surface area contributed by atoms with E-state index in [2.05, 4.69) is 15.2 Å². The van der Waals surface area contributed by atoms with Crippen molar-refractivity contribution < 1.29 is 19.0 Å². The van der Waals surface area contributed by atoms with Gasteiger partial charge >= 0.3 is 0 Å². The van der Waals surface area contributed by atoms with Gasteiger partial charge < -0.3 is 19.5 Å². The topological polar surface area (TPSA) is 72.9 Å². The number of carbonyl (C=O) groups excluding carboxylic acids is 1. The van der Waals surface area contributed by atoms with E-state index in [1.54, 1.807) is 12.3 Å². The average Bonchev–Trinajstić information content (AvgIpc) is 3.29. The van der Waals surface area contributed by atoms with E-state index in [4.69, 9.17) is 14.2 Å². The van der Waals surface area contributed by atoms with Gasteiger partial charge in [0.2, 0.25) is 0 Å². The summed E-state index contributed by atoms with van der Waals surface area (Å²) in [6.45, 7) is 6.65. The van der Waals surface area contributed by atoms with Gasteiger partial charge in [0.1, 0.15) is 5.69 Å². The van der Waals surface area contributed by atoms with Crippen molar-refractivity contribution in [1.29, 1.82) is 0 Å². The molecular weight excluding hydrogens is 358 g/mol. The van der Waals surface area contributed by atoms with E-state index in [1.807, 2.05) is 12.1 Å². The van der Waals surface area contributed by atoms with E-state index < -0.39 is 0 Å². The first-order chi connectivity index (χ1) is 13.7. The van der Waals surface area contributed by atoms with Crippen molar-refractivity contribution in [3.63, 3.8) is 0 Å². The van der Waals surface area contributed by atoms with E-state index in [1.165, 1.54) is 0 Å². The molecule has 1 spiro atoms. The number of aromatic nitrogens is 1.